The van der Waals surface area contributed by atoms with Crippen molar-refractivity contribution in [2.24, 2.45) is 5.92 Å². The monoisotopic (exact) mass is 587 g/mol. The predicted molar refractivity (Wildman–Crippen MR) is 158 cm³/mol. The van der Waals surface area contributed by atoms with Crippen LogP contribution < -0.4 is 15.0 Å². The molecule has 0 aromatic heterocycles. The largest absolute Gasteiger partial charge is 0.449 e. The Morgan fingerprint density at radius 2 is 1.77 bits per heavy atom. The van der Waals surface area contributed by atoms with Gasteiger partial charge in [0.05, 0.1) is 5.69 Å². The van der Waals surface area contributed by atoms with Gasteiger partial charge in [-0.3, -0.25) is 14.5 Å². The summed E-state index contributed by atoms with van der Waals surface area (Å²) in [6.07, 6.45) is 6.19. The summed E-state index contributed by atoms with van der Waals surface area (Å²) in [7, 11) is 0. The summed E-state index contributed by atoms with van der Waals surface area (Å²) >= 11 is 3.46. The van der Waals surface area contributed by atoms with Gasteiger partial charge in [0, 0.05) is 11.0 Å². The third-order valence-electron chi connectivity index (χ3n) is 7.33. The van der Waals surface area contributed by atoms with E-state index in [0.717, 1.165) is 48.4 Å². The van der Waals surface area contributed by atoms with Crippen molar-refractivity contribution >= 4 is 39.5 Å². The molecule has 202 valence electrons. The van der Waals surface area contributed by atoms with Gasteiger partial charge in [0.2, 0.25) is 5.91 Å². The molecular weight excluding hydrogens is 554 g/mol. The van der Waals surface area contributed by atoms with Crippen LogP contribution in [-0.4, -0.2) is 49.4 Å². The summed E-state index contributed by atoms with van der Waals surface area (Å²) in [6, 6.07) is 25.7. The van der Waals surface area contributed by atoms with E-state index in [1.165, 1.54) is 23.3 Å². The Bertz CT molecular complexity index is 1320. The molecule has 2 aliphatic rings. The fourth-order valence-corrected chi connectivity index (χ4v) is 5.68. The molecule has 0 saturated carbocycles. The Hall–Kier alpha value is -3.42. The minimum absolute atomic E-state index is 0.0556. The number of benzene rings is 3. The zero-order chi connectivity index (χ0) is 27.0. The molecule has 5 rings (SSSR count). The molecule has 1 saturated heterocycles. The highest BCUT2D eigenvalue weighted by molar-refractivity contribution is 9.10. The number of hydrogen-bond donors (Lipinski definition) is 1. The van der Waals surface area contributed by atoms with Gasteiger partial charge >= 0.3 is 0 Å². The maximum absolute atomic E-state index is 13.3. The molecule has 0 bridgehead atoms. The number of likely N-dealkylation sites (tertiary alicyclic amines) is 1. The number of anilines is 1. The molecule has 7 heteroatoms. The molecule has 2 amide bonds. The predicted octanol–water partition coefficient (Wildman–Crippen LogP) is 5.68. The van der Waals surface area contributed by atoms with E-state index in [9.17, 15) is 9.59 Å². The highest BCUT2D eigenvalue weighted by Gasteiger charge is 2.31. The highest BCUT2D eigenvalue weighted by atomic mass is 79.9. The smallest absolute Gasteiger partial charge is 0.294 e. The van der Waals surface area contributed by atoms with E-state index in [2.05, 4.69) is 56.5 Å². The molecule has 2 aliphatic heterocycles. The van der Waals surface area contributed by atoms with Crippen LogP contribution in [0.4, 0.5) is 5.69 Å². The zero-order valence-electron chi connectivity index (χ0n) is 22.0. The average molecular weight is 589 g/mol. The number of para-hydroxylation sites is 2. The summed E-state index contributed by atoms with van der Waals surface area (Å²) in [5.41, 5.74) is 2.86. The summed E-state index contributed by atoms with van der Waals surface area (Å²) in [5.74, 6) is 0.988. The topological polar surface area (TPSA) is 61.9 Å². The molecule has 0 aliphatic carbocycles. The number of nitrogens with one attached hydrogen (secondary N) is 1. The van der Waals surface area contributed by atoms with Crippen LogP contribution in [0.5, 0.6) is 5.75 Å². The van der Waals surface area contributed by atoms with E-state index in [-0.39, 0.29) is 24.1 Å². The maximum Gasteiger partial charge on any atom is 0.294 e. The van der Waals surface area contributed by atoms with Crippen molar-refractivity contribution in [3.05, 3.63) is 100 Å². The third kappa shape index (κ3) is 7.37. The fraction of sp³-hybridized carbons (Fsp3) is 0.312. The van der Waals surface area contributed by atoms with Crippen molar-refractivity contribution in [3.63, 3.8) is 0 Å². The highest BCUT2D eigenvalue weighted by Crippen LogP contribution is 2.35. The van der Waals surface area contributed by atoms with Gasteiger partial charge in [-0.25, -0.2) is 0 Å². The molecule has 0 atom stereocenters. The van der Waals surface area contributed by atoms with Crippen molar-refractivity contribution < 1.29 is 14.3 Å². The van der Waals surface area contributed by atoms with Gasteiger partial charge in [0.25, 0.3) is 5.91 Å². The van der Waals surface area contributed by atoms with E-state index >= 15 is 0 Å². The number of carbonyl (C=O) groups excluding carboxylic acids is 2. The quantitative estimate of drug-likeness (QED) is 0.258. The molecule has 3 aromatic rings. The Labute approximate surface area is 238 Å². The standard InChI is InChI=1S/C32H34BrN3O3/c33-27-11-6-10-26(21-27)22-30-32(38)36(28-12-4-5-13-29(28)39-30)23-31(37)34-16-7-17-35-18-14-25(15-19-35)20-24-8-2-1-3-9-24/h1-6,8-13,21-22,25H,7,14-20,23H2,(H,34,37)/b30-22-. The van der Waals surface area contributed by atoms with Crippen molar-refractivity contribution in [1.82, 2.24) is 10.2 Å². The average Bonchev–Trinajstić information content (AvgIpc) is 2.95. The number of ether oxygens (including phenoxy) is 1. The second-order valence-electron chi connectivity index (χ2n) is 10.2. The maximum atomic E-state index is 13.3. The molecule has 0 unspecified atom stereocenters. The molecule has 6 nitrogen and oxygen atoms in total. The lowest BCUT2D eigenvalue weighted by molar-refractivity contribution is -0.123. The van der Waals surface area contributed by atoms with Gasteiger partial charge in [-0.05, 0) is 92.7 Å². The molecule has 3 aromatic carbocycles. The van der Waals surface area contributed by atoms with Crippen LogP contribution in [0.3, 0.4) is 0 Å². The number of nitrogens with zero attached hydrogens (tertiary/aromatic N) is 2. The molecule has 0 spiro atoms. The number of halogens is 1. The van der Waals surface area contributed by atoms with E-state index in [4.69, 9.17) is 4.74 Å². The Morgan fingerprint density at radius 3 is 2.56 bits per heavy atom. The third-order valence-corrected chi connectivity index (χ3v) is 7.82. The van der Waals surface area contributed by atoms with Gasteiger partial charge in [-0.15, -0.1) is 0 Å². The first-order valence-corrected chi connectivity index (χ1v) is 14.4. The van der Waals surface area contributed by atoms with Crippen molar-refractivity contribution in [3.8, 4) is 5.75 Å². The molecule has 2 heterocycles. The van der Waals surface area contributed by atoms with E-state index in [1.807, 2.05) is 42.5 Å². The van der Waals surface area contributed by atoms with Crippen molar-refractivity contribution in [1.29, 1.82) is 0 Å². The molecule has 1 fully saturated rings. The number of fused-ring (bicyclic) bond motifs is 1. The first-order valence-electron chi connectivity index (χ1n) is 13.6. The number of hydrogen-bond acceptors (Lipinski definition) is 4. The number of amides is 2. The lowest BCUT2D eigenvalue weighted by Crippen LogP contribution is -2.44. The van der Waals surface area contributed by atoms with Crippen LogP contribution in [0.25, 0.3) is 6.08 Å². The van der Waals surface area contributed by atoms with Gasteiger partial charge in [0.1, 0.15) is 6.54 Å². The number of carbonyl (C=O) groups is 2. The second kappa shape index (κ2) is 13.1. The normalized spacial score (nSPS) is 17.1. The van der Waals surface area contributed by atoms with Crippen LogP contribution in [-0.2, 0) is 16.0 Å². The Morgan fingerprint density at radius 1 is 1.00 bits per heavy atom. The fourth-order valence-electron chi connectivity index (χ4n) is 5.26. The molecular formula is C32H34BrN3O3. The van der Waals surface area contributed by atoms with E-state index in [0.29, 0.717) is 18.0 Å². The van der Waals surface area contributed by atoms with Crippen LogP contribution >= 0.6 is 15.9 Å². The minimum Gasteiger partial charge on any atom is -0.449 e. The van der Waals surface area contributed by atoms with E-state index in [1.54, 1.807) is 12.1 Å². The van der Waals surface area contributed by atoms with Crippen molar-refractivity contribution in [2.45, 2.75) is 25.7 Å². The van der Waals surface area contributed by atoms with Gasteiger partial charge in [-0.1, -0.05) is 70.5 Å². The van der Waals surface area contributed by atoms with Crippen LogP contribution in [0.1, 0.15) is 30.4 Å². The van der Waals surface area contributed by atoms with E-state index < -0.39 is 0 Å². The summed E-state index contributed by atoms with van der Waals surface area (Å²) in [4.78, 5) is 30.2. The number of piperidine rings is 1. The second-order valence-corrected chi connectivity index (χ2v) is 11.1. The van der Waals surface area contributed by atoms with Gasteiger partial charge in [0.15, 0.2) is 11.5 Å². The SMILES string of the molecule is O=C(CN1C(=O)/C(=C/c2cccc(Br)c2)Oc2ccccc21)NCCCN1CCC(Cc2ccccc2)CC1. The first kappa shape index (κ1) is 27.2. The Kier molecular flexibility index (Phi) is 9.12. The zero-order valence-corrected chi connectivity index (χ0v) is 23.6. The molecule has 1 N–H and O–H groups in total. The number of rotatable bonds is 9. The Balaban J connectivity index is 1.10. The molecule has 0 radical (unpaired) electrons. The van der Waals surface area contributed by atoms with Gasteiger partial charge in [-0.2, -0.15) is 0 Å². The van der Waals surface area contributed by atoms with Crippen LogP contribution in [0, 0.1) is 5.92 Å². The van der Waals surface area contributed by atoms with Gasteiger partial charge < -0.3 is 15.0 Å². The lowest BCUT2D eigenvalue weighted by atomic mass is 9.90. The van der Waals surface area contributed by atoms with Crippen LogP contribution in [0.15, 0.2) is 89.1 Å². The minimum atomic E-state index is -0.331. The van der Waals surface area contributed by atoms with Crippen molar-refractivity contribution in [2.75, 3.05) is 37.6 Å². The summed E-state index contributed by atoms with van der Waals surface area (Å²) < 4.78 is 6.83. The first-order chi connectivity index (χ1) is 19.0. The summed E-state index contributed by atoms with van der Waals surface area (Å²) in [5, 5.41) is 3.01. The molecule has 39 heavy (non-hydrogen) atoms. The van der Waals surface area contributed by atoms with Crippen LogP contribution in [0.2, 0.25) is 0 Å². The lowest BCUT2D eigenvalue weighted by Gasteiger charge is -2.32. The summed E-state index contributed by atoms with van der Waals surface area (Å²) in [6.45, 7) is 3.72.